The first-order valence-corrected chi connectivity index (χ1v) is 13.0. The molecule has 1 N–H and O–H groups in total. The molecule has 168 valence electrons. The second-order valence-electron chi connectivity index (χ2n) is 8.15. The van der Waals surface area contributed by atoms with Gasteiger partial charge in [-0.05, 0) is 66.1 Å². The minimum absolute atomic E-state index is 0.0862. The van der Waals surface area contributed by atoms with Gasteiger partial charge < -0.3 is 4.90 Å². The summed E-state index contributed by atoms with van der Waals surface area (Å²) in [4.78, 5) is 17.5. The standard InChI is InChI=1S/C24H27N3O3S2/c1-18-3-6-21(7-4-18)25-32(29,30)22-8-5-19(2)23(15-22)24(28)27-12-10-26(11-13-27)16-20-9-14-31-17-20/h3-9,14-15,17,25H,10-13,16H2,1-2H3. The van der Waals surface area contributed by atoms with Crippen LogP contribution in [0.5, 0.6) is 0 Å². The fraction of sp³-hybridized carbons (Fsp3) is 0.292. The van der Waals surface area contributed by atoms with Crippen LogP contribution >= 0.6 is 11.3 Å². The lowest BCUT2D eigenvalue weighted by Gasteiger charge is -2.35. The highest BCUT2D eigenvalue weighted by Crippen LogP contribution is 2.22. The summed E-state index contributed by atoms with van der Waals surface area (Å²) < 4.78 is 28.4. The number of carbonyl (C=O) groups is 1. The second-order valence-corrected chi connectivity index (χ2v) is 10.6. The van der Waals surface area contributed by atoms with Crippen molar-refractivity contribution < 1.29 is 13.2 Å². The molecule has 2 heterocycles. The van der Waals surface area contributed by atoms with Crippen LogP contribution in [0, 0.1) is 13.8 Å². The van der Waals surface area contributed by atoms with E-state index >= 15 is 0 Å². The molecule has 3 aromatic rings. The number of sulfonamides is 1. The monoisotopic (exact) mass is 469 g/mol. The van der Waals surface area contributed by atoms with Gasteiger partial charge in [0.15, 0.2) is 0 Å². The van der Waals surface area contributed by atoms with Gasteiger partial charge in [-0.1, -0.05) is 23.8 Å². The summed E-state index contributed by atoms with van der Waals surface area (Å²) in [5, 5.41) is 4.23. The molecule has 0 aliphatic carbocycles. The summed E-state index contributed by atoms with van der Waals surface area (Å²) in [5.41, 5.74) is 4.04. The summed E-state index contributed by atoms with van der Waals surface area (Å²) in [5.74, 6) is -0.120. The Bertz CT molecular complexity index is 1180. The maximum atomic E-state index is 13.2. The molecule has 0 spiro atoms. The van der Waals surface area contributed by atoms with Gasteiger partial charge in [0.2, 0.25) is 0 Å². The maximum Gasteiger partial charge on any atom is 0.261 e. The number of rotatable bonds is 6. The van der Waals surface area contributed by atoms with Gasteiger partial charge >= 0.3 is 0 Å². The zero-order valence-corrected chi connectivity index (χ0v) is 19.9. The predicted molar refractivity (Wildman–Crippen MR) is 129 cm³/mol. The summed E-state index contributed by atoms with van der Waals surface area (Å²) in [6.45, 7) is 7.52. The summed E-state index contributed by atoms with van der Waals surface area (Å²) in [6.07, 6.45) is 0. The second kappa shape index (κ2) is 9.44. The zero-order valence-electron chi connectivity index (χ0n) is 18.2. The molecule has 32 heavy (non-hydrogen) atoms. The summed E-state index contributed by atoms with van der Waals surface area (Å²) in [6, 6.07) is 14.0. The van der Waals surface area contributed by atoms with Crippen LogP contribution in [0.2, 0.25) is 0 Å². The molecule has 1 fully saturated rings. The zero-order chi connectivity index (χ0) is 22.7. The molecular formula is C24H27N3O3S2. The Morgan fingerprint density at radius 2 is 1.72 bits per heavy atom. The van der Waals surface area contributed by atoms with Gasteiger partial charge in [-0.25, -0.2) is 8.42 Å². The number of hydrogen-bond donors (Lipinski definition) is 1. The average molecular weight is 470 g/mol. The number of amides is 1. The number of aryl methyl sites for hydroxylation is 2. The Kier molecular flexibility index (Phi) is 6.64. The van der Waals surface area contributed by atoms with Gasteiger partial charge in [-0.2, -0.15) is 11.3 Å². The first kappa shape index (κ1) is 22.5. The smallest absolute Gasteiger partial charge is 0.261 e. The predicted octanol–water partition coefficient (Wildman–Crippen LogP) is 4.12. The van der Waals surface area contributed by atoms with Crippen LogP contribution in [-0.2, 0) is 16.6 Å². The van der Waals surface area contributed by atoms with Crippen LogP contribution in [0.3, 0.4) is 0 Å². The molecule has 0 saturated carbocycles. The molecule has 0 atom stereocenters. The largest absolute Gasteiger partial charge is 0.336 e. The average Bonchev–Trinajstić information content (AvgIpc) is 3.28. The lowest BCUT2D eigenvalue weighted by Crippen LogP contribution is -2.48. The van der Waals surface area contributed by atoms with Crippen molar-refractivity contribution in [3.05, 3.63) is 81.5 Å². The number of carbonyl (C=O) groups excluding carboxylic acids is 1. The fourth-order valence-electron chi connectivity index (χ4n) is 3.75. The third-order valence-electron chi connectivity index (χ3n) is 5.70. The number of piperazine rings is 1. The van der Waals surface area contributed by atoms with Crippen molar-refractivity contribution in [3.63, 3.8) is 0 Å². The highest BCUT2D eigenvalue weighted by Gasteiger charge is 2.25. The number of hydrogen-bond acceptors (Lipinski definition) is 5. The molecule has 1 aliphatic rings. The normalized spacial score (nSPS) is 15.0. The first-order chi connectivity index (χ1) is 15.3. The third-order valence-corrected chi connectivity index (χ3v) is 7.81. The Hall–Kier alpha value is -2.68. The topological polar surface area (TPSA) is 69.7 Å². The Morgan fingerprint density at radius 1 is 1.00 bits per heavy atom. The molecule has 1 aromatic heterocycles. The van der Waals surface area contributed by atoms with Crippen LogP contribution in [0.1, 0.15) is 27.0 Å². The molecule has 2 aromatic carbocycles. The van der Waals surface area contributed by atoms with Crippen LogP contribution in [-0.4, -0.2) is 50.3 Å². The van der Waals surface area contributed by atoms with E-state index in [9.17, 15) is 13.2 Å². The van der Waals surface area contributed by atoms with Crippen molar-refractivity contribution in [2.24, 2.45) is 0 Å². The van der Waals surface area contributed by atoms with E-state index in [2.05, 4.69) is 26.4 Å². The number of benzene rings is 2. The number of nitrogens with one attached hydrogen (secondary N) is 1. The number of nitrogens with zero attached hydrogens (tertiary/aromatic N) is 2. The van der Waals surface area contributed by atoms with Crippen molar-refractivity contribution in [2.45, 2.75) is 25.3 Å². The van der Waals surface area contributed by atoms with Crippen molar-refractivity contribution in [3.8, 4) is 0 Å². The van der Waals surface area contributed by atoms with Crippen molar-refractivity contribution in [2.75, 3.05) is 30.9 Å². The SMILES string of the molecule is Cc1ccc(NS(=O)(=O)c2ccc(C)c(C(=O)N3CCN(Cc4ccsc4)CC3)c2)cc1. The first-order valence-electron chi connectivity index (χ1n) is 10.5. The molecule has 8 heteroatoms. The number of anilines is 1. The maximum absolute atomic E-state index is 13.2. The molecule has 1 amide bonds. The van der Waals surface area contributed by atoms with Crippen LogP contribution in [0.25, 0.3) is 0 Å². The molecule has 6 nitrogen and oxygen atoms in total. The van der Waals surface area contributed by atoms with Crippen LogP contribution < -0.4 is 4.72 Å². The van der Waals surface area contributed by atoms with E-state index in [0.717, 1.165) is 30.8 Å². The fourth-order valence-corrected chi connectivity index (χ4v) is 5.50. The minimum atomic E-state index is -3.80. The molecule has 0 radical (unpaired) electrons. The molecule has 1 aliphatic heterocycles. The van der Waals surface area contributed by atoms with E-state index in [-0.39, 0.29) is 10.8 Å². The van der Waals surface area contributed by atoms with Crippen molar-refractivity contribution in [1.82, 2.24) is 9.80 Å². The van der Waals surface area contributed by atoms with Gasteiger partial charge in [0.05, 0.1) is 4.90 Å². The third kappa shape index (κ3) is 5.20. The summed E-state index contributed by atoms with van der Waals surface area (Å²) >= 11 is 1.69. The Labute approximate surface area is 193 Å². The van der Waals surface area contributed by atoms with Gasteiger partial charge in [-0.15, -0.1) is 0 Å². The van der Waals surface area contributed by atoms with Crippen molar-refractivity contribution in [1.29, 1.82) is 0 Å². The highest BCUT2D eigenvalue weighted by molar-refractivity contribution is 7.92. The molecule has 1 saturated heterocycles. The van der Waals surface area contributed by atoms with E-state index in [0.29, 0.717) is 24.3 Å². The quantitative estimate of drug-likeness (QED) is 0.590. The van der Waals surface area contributed by atoms with E-state index in [4.69, 9.17) is 0 Å². The molecule has 0 unspecified atom stereocenters. The van der Waals surface area contributed by atoms with Gasteiger partial charge in [-0.3, -0.25) is 14.4 Å². The van der Waals surface area contributed by atoms with Crippen molar-refractivity contribution >= 4 is 33.0 Å². The van der Waals surface area contributed by atoms with Crippen LogP contribution in [0.4, 0.5) is 5.69 Å². The van der Waals surface area contributed by atoms with Gasteiger partial charge in [0, 0.05) is 44.0 Å². The molecular weight excluding hydrogens is 442 g/mol. The Morgan fingerprint density at radius 3 is 2.38 bits per heavy atom. The van der Waals surface area contributed by atoms with E-state index in [1.807, 2.05) is 30.9 Å². The van der Waals surface area contributed by atoms with E-state index < -0.39 is 10.0 Å². The number of thiophene rings is 1. The van der Waals surface area contributed by atoms with Gasteiger partial charge in [0.25, 0.3) is 15.9 Å². The van der Waals surface area contributed by atoms with E-state index in [1.54, 1.807) is 35.6 Å². The Balaban J connectivity index is 1.46. The van der Waals surface area contributed by atoms with Gasteiger partial charge in [0.1, 0.15) is 0 Å². The van der Waals surface area contributed by atoms with E-state index in [1.165, 1.54) is 11.6 Å². The summed E-state index contributed by atoms with van der Waals surface area (Å²) in [7, 11) is -3.80. The lowest BCUT2D eigenvalue weighted by molar-refractivity contribution is 0.0627. The van der Waals surface area contributed by atoms with Crippen LogP contribution in [0.15, 0.2) is 64.2 Å². The highest BCUT2D eigenvalue weighted by atomic mass is 32.2. The molecule has 0 bridgehead atoms. The lowest BCUT2D eigenvalue weighted by atomic mass is 10.1. The minimum Gasteiger partial charge on any atom is -0.336 e. The molecule has 4 rings (SSSR count).